The van der Waals surface area contributed by atoms with Crippen molar-refractivity contribution in [2.75, 3.05) is 30.0 Å². The molecule has 1 fully saturated rings. The molecule has 1 saturated heterocycles. The van der Waals surface area contributed by atoms with E-state index in [0.29, 0.717) is 36.3 Å². The van der Waals surface area contributed by atoms with Crippen molar-refractivity contribution in [3.05, 3.63) is 34.3 Å². The summed E-state index contributed by atoms with van der Waals surface area (Å²) in [6, 6.07) is 7.00. The van der Waals surface area contributed by atoms with Gasteiger partial charge in [0, 0.05) is 36.7 Å². The predicted octanol–water partition coefficient (Wildman–Crippen LogP) is 2.76. The minimum absolute atomic E-state index is 0.0814. The minimum atomic E-state index is -0.422. The Morgan fingerprint density at radius 1 is 1.38 bits per heavy atom. The molecule has 26 heavy (non-hydrogen) atoms. The van der Waals surface area contributed by atoms with E-state index in [2.05, 4.69) is 15.5 Å². The summed E-state index contributed by atoms with van der Waals surface area (Å²) in [6.07, 6.45) is 0.831. The minimum Gasteiger partial charge on any atom is -0.381 e. The van der Waals surface area contributed by atoms with Crippen molar-refractivity contribution in [3.8, 4) is 0 Å². The van der Waals surface area contributed by atoms with Gasteiger partial charge < -0.3 is 15.0 Å². The van der Waals surface area contributed by atoms with E-state index in [4.69, 9.17) is 16.3 Å². The molecule has 2 heterocycles. The van der Waals surface area contributed by atoms with Crippen LogP contribution in [-0.2, 0) is 20.7 Å². The fraction of sp³-hybridized carbons (Fsp3) is 0.412. The number of halogens is 1. The number of nitrogens with zero attached hydrogens (tertiary/aromatic N) is 3. The normalized spacial score (nSPS) is 16.9. The number of nitrogens with one attached hydrogen (secondary N) is 1. The third kappa shape index (κ3) is 4.57. The van der Waals surface area contributed by atoms with Gasteiger partial charge in [0.2, 0.25) is 16.9 Å². The second-order valence-electron chi connectivity index (χ2n) is 5.82. The lowest BCUT2D eigenvalue weighted by Gasteiger charge is -2.16. The number of hydrogen-bond donors (Lipinski definition) is 1. The number of amides is 2. The lowest BCUT2D eigenvalue weighted by atomic mass is 10.1. The zero-order chi connectivity index (χ0) is 18.5. The third-order valence-corrected chi connectivity index (χ3v) is 5.15. The topological polar surface area (TPSA) is 84.4 Å². The van der Waals surface area contributed by atoms with Gasteiger partial charge in [0.05, 0.1) is 12.5 Å². The van der Waals surface area contributed by atoms with Gasteiger partial charge in [-0.3, -0.25) is 9.59 Å². The summed E-state index contributed by atoms with van der Waals surface area (Å²) in [5.41, 5.74) is 0.740. The van der Waals surface area contributed by atoms with Crippen LogP contribution in [0.5, 0.6) is 0 Å². The standard InChI is InChI=1S/C17H19ClN4O3S/c1-2-25-8-7-14-20-21-17(26-14)19-16(24)11-9-15(23)22(10-11)13-5-3-12(18)4-6-13/h3-6,11H,2,7-10H2,1H3,(H,19,21,24). The summed E-state index contributed by atoms with van der Waals surface area (Å²) < 4.78 is 5.28. The second kappa shape index (κ2) is 8.57. The summed E-state index contributed by atoms with van der Waals surface area (Å²) in [4.78, 5) is 26.3. The van der Waals surface area contributed by atoms with Crippen LogP contribution in [0.15, 0.2) is 24.3 Å². The summed E-state index contributed by atoms with van der Waals surface area (Å²) in [7, 11) is 0. The smallest absolute Gasteiger partial charge is 0.231 e. The van der Waals surface area contributed by atoms with E-state index in [1.165, 1.54) is 11.3 Å². The van der Waals surface area contributed by atoms with Gasteiger partial charge in [0.25, 0.3) is 0 Å². The molecule has 1 aliphatic heterocycles. The first-order chi connectivity index (χ1) is 12.6. The Labute approximate surface area is 160 Å². The third-order valence-electron chi connectivity index (χ3n) is 4.00. The Hall–Kier alpha value is -2.03. The van der Waals surface area contributed by atoms with Crippen LogP contribution >= 0.6 is 22.9 Å². The van der Waals surface area contributed by atoms with E-state index in [0.717, 1.165) is 10.7 Å². The van der Waals surface area contributed by atoms with E-state index in [1.54, 1.807) is 29.2 Å². The maximum atomic E-state index is 12.5. The van der Waals surface area contributed by atoms with Crippen molar-refractivity contribution in [1.29, 1.82) is 0 Å². The van der Waals surface area contributed by atoms with Crippen molar-refractivity contribution in [2.45, 2.75) is 19.8 Å². The highest BCUT2D eigenvalue weighted by atomic mass is 35.5. The SMILES string of the molecule is CCOCCc1nnc(NC(=O)C2CC(=O)N(c3ccc(Cl)cc3)C2)s1. The second-order valence-corrected chi connectivity index (χ2v) is 7.32. The maximum absolute atomic E-state index is 12.5. The summed E-state index contributed by atoms with van der Waals surface area (Å²) in [5, 5.41) is 12.6. The number of ether oxygens (including phenoxy) is 1. The number of carbonyl (C=O) groups is 2. The largest absolute Gasteiger partial charge is 0.381 e. The van der Waals surface area contributed by atoms with Crippen LogP contribution in [-0.4, -0.2) is 41.8 Å². The maximum Gasteiger partial charge on any atom is 0.231 e. The van der Waals surface area contributed by atoms with Crippen LogP contribution in [0.2, 0.25) is 5.02 Å². The number of carbonyl (C=O) groups excluding carboxylic acids is 2. The molecular formula is C17H19ClN4O3S. The van der Waals surface area contributed by atoms with Gasteiger partial charge in [-0.15, -0.1) is 10.2 Å². The van der Waals surface area contributed by atoms with Gasteiger partial charge in [-0.25, -0.2) is 0 Å². The molecule has 0 spiro atoms. The Balaban J connectivity index is 1.57. The van der Waals surface area contributed by atoms with Crippen molar-refractivity contribution >= 4 is 45.6 Å². The molecular weight excluding hydrogens is 376 g/mol. The Kier molecular flexibility index (Phi) is 6.18. The van der Waals surface area contributed by atoms with Gasteiger partial charge in [0.1, 0.15) is 5.01 Å². The number of aromatic nitrogens is 2. The summed E-state index contributed by atoms with van der Waals surface area (Å²) in [6.45, 7) is 3.50. The molecule has 1 atom stereocenters. The molecule has 1 aromatic heterocycles. The highest BCUT2D eigenvalue weighted by Gasteiger charge is 2.35. The molecule has 9 heteroatoms. The van der Waals surface area contributed by atoms with Gasteiger partial charge in [-0.2, -0.15) is 0 Å². The molecule has 0 saturated carbocycles. The number of hydrogen-bond acceptors (Lipinski definition) is 6. The monoisotopic (exact) mass is 394 g/mol. The molecule has 1 N–H and O–H groups in total. The molecule has 138 valence electrons. The zero-order valence-electron chi connectivity index (χ0n) is 14.3. The highest BCUT2D eigenvalue weighted by molar-refractivity contribution is 7.15. The molecule has 0 bridgehead atoms. The predicted molar refractivity (Wildman–Crippen MR) is 101 cm³/mol. The highest BCUT2D eigenvalue weighted by Crippen LogP contribution is 2.27. The number of anilines is 2. The average molecular weight is 395 g/mol. The lowest BCUT2D eigenvalue weighted by molar-refractivity contribution is -0.122. The van der Waals surface area contributed by atoms with Gasteiger partial charge in [0.15, 0.2) is 0 Å². The first-order valence-electron chi connectivity index (χ1n) is 8.33. The van der Waals surface area contributed by atoms with E-state index in [-0.39, 0.29) is 18.2 Å². The molecule has 1 unspecified atom stereocenters. The summed E-state index contributed by atoms with van der Waals surface area (Å²) >= 11 is 7.20. The van der Waals surface area contributed by atoms with E-state index in [9.17, 15) is 9.59 Å². The van der Waals surface area contributed by atoms with Crippen molar-refractivity contribution in [2.24, 2.45) is 5.92 Å². The average Bonchev–Trinajstić information content (AvgIpc) is 3.23. The quantitative estimate of drug-likeness (QED) is 0.730. The van der Waals surface area contributed by atoms with Crippen molar-refractivity contribution in [1.82, 2.24) is 10.2 Å². The van der Waals surface area contributed by atoms with Crippen LogP contribution in [0.25, 0.3) is 0 Å². The van der Waals surface area contributed by atoms with Crippen molar-refractivity contribution in [3.63, 3.8) is 0 Å². The number of rotatable bonds is 7. The van der Waals surface area contributed by atoms with Crippen LogP contribution in [0.4, 0.5) is 10.8 Å². The molecule has 1 aliphatic rings. The molecule has 3 rings (SSSR count). The van der Waals surface area contributed by atoms with Crippen LogP contribution in [0.1, 0.15) is 18.4 Å². The van der Waals surface area contributed by atoms with Gasteiger partial charge in [-0.05, 0) is 31.2 Å². The number of benzene rings is 1. The van der Waals surface area contributed by atoms with Gasteiger partial charge >= 0.3 is 0 Å². The Morgan fingerprint density at radius 2 is 2.15 bits per heavy atom. The fourth-order valence-electron chi connectivity index (χ4n) is 2.67. The van der Waals surface area contributed by atoms with Crippen molar-refractivity contribution < 1.29 is 14.3 Å². The molecule has 0 radical (unpaired) electrons. The Bertz CT molecular complexity index is 781. The zero-order valence-corrected chi connectivity index (χ0v) is 15.8. The molecule has 7 nitrogen and oxygen atoms in total. The lowest BCUT2D eigenvalue weighted by Crippen LogP contribution is -2.28. The van der Waals surface area contributed by atoms with E-state index < -0.39 is 5.92 Å². The van der Waals surface area contributed by atoms with Crippen LogP contribution < -0.4 is 10.2 Å². The fourth-order valence-corrected chi connectivity index (χ4v) is 3.52. The first kappa shape index (κ1) is 18.8. The Morgan fingerprint density at radius 3 is 2.88 bits per heavy atom. The summed E-state index contributed by atoms with van der Waals surface area (Å²) in [5.74, 6) is -0.724. The van der Waals surface area contributed by atoms with E-state index in [1.807, 2.05) is 6.92 Å². The van der Waals surface area contributed by atoms with Gasteiger partial charge in [-0.1, -0.05) is 22.9 Å². The molecule has 1 aromatic carbocycles. The van der Waals surface area contributed by atoms with Crippen LogP contribution in [0, 0.1) is 5.92 Å². The van der Waals surface area contributed by atoms with Crippen LogP contribution in [0.3, 0.4) is 0 Å². The van der Waals surface area contributed by atoms with E-state index >= 15 is 0 Å². The molecule has 0 aliphatic carbocycles. The first-order valence-corrected chi connectivity index (χ1v) is 9.53. The molecule has 2 aromatic rings. The molecule has 2 amide bonds.